The second-order valence-electron chi connectivity index (χ2n) is 9.45. The van der Waals surface area contributed by atoms with Crippen molar-refractivity contribution < 1.29 is 4.57 Å². The Morgan fingerprint density at radius 3 is 1.56 bits per heavy atom. The zero-order valence-electron chi connectivity index (χ0n) is 21.1. The van der Waals surface area contributed by atoms with E-state index in [0.717, 1.165) is 38.3 Å². The van der Waals surface area contributed by atoms with E-state index in [2.05, 4.69) is 69.1 Å². The maximum atomic E-state index is 14.9. The number of rotatable bonds is 5. The molecule has 0 saturated carbocycles. The van der Waals surface area contributed by atoms with Gasteiger partial charge in [-0.2, -0.15) is 0 Å². The van der Waals surface area contributed by atoms with Gasteiger partial charge in [0.15, 0.2) is 7.14 Å². The van der Waals surface area contributed by atoms with Gasteiger partial charge in [-0.1, -0.05) is 97.1 Å². The summed E-state index contributed by atoms with van der Waals surface area (Å²) < 4.78 is 17.2. The lowest BCUT2D eigenvalue weighted by atomic mass is 10.2. The summed E-state index contributed by atoms with van der Waals surface area (Å²) in [7, 11) is -3.12. The van der Waals surface area contributed by atoms with Crippen LogP contribution in [0, 0.1) is 0 Å². The molecule has 4 aromatic carbocycles. The molecule has 5 heteroatoms. The molecule has 7 rings (SSSR count). The van der Waals surface area contributed by atoms with Gasteiger partial charge in [0.05, 0.1) is 22.4 Å². The van der Waals surface area contributed by atoms with Crippen molar-refractivity contribution in [3.63, 3.8) is 0 Å². The monoisotopic (exact) mass is 521 g/mol. The topological polar surface area (TPSA) is 47.8 Å². The van der Waals surface area contributed by atoms with Gasteiger partial charge in [-0.15, -0.1) is 0 Å². The number of fused-ring (bicyclic) bond motifs is 3. The summed E-state index contributed by atoms with van der Waals surface area (Å²) in [5.41, 5.74) is 4.68. The highest BCUT2D eigenvalue weighted by Gasteiger charge is 2.30. The van der Waals surface area contributed by atoms with Crippen LogP contribution in [0.1, 0.15) is 0 Å². The quantitative estimate of drug-likeness (QED) is 0.232. The normalized spacial score (nSPS) is 11.7. The molecular weight excluding hydrogens is 497 g/mol. The average molecular weight is 522 g/mol. The summed E-state index contributed by atoms with van der Waals surface area (Å²) in [5, 5.41) is 4.73. The lowest BCUT2D eigenvalue weighted by Crippen LogP contribution is -2.25. The maximum absolute atomic E-state index is 14.9. The maximum Gasteiger partial charge on any atom is 0.171 e. The minimum absolute atomic E-state index is 0.683. The lowest BCUT2D eigenvalue weighted by molar-refractivity contribution is 0.592. The molecule has 0 N–H and O–H groups in total. The van der Waals surface area contributed by atoms with E-state index in [9.17, 15) is 4.57 Å². The molecule has 0 atom stereocenters. The first kappa shape index (κ1) is 23.3. The van der Waals surface area contributed by atoms with Crippen LogP contribution in [0.15, 0.2) is 146 Å². The molecule has 0 aliphatic carbocycles. The molecule has 0 amide bonds. The van der Waals surface area contributed by atoms with Gasteiger partial charge in [0.2, 0.25) is 0 Å². The van der Waals surface area contributed by atoms with Crippen LogP contribution in [0.3, 0.4) is 0 Å². The van der Waals surface area contributed by atoms with Crippen LogP contribution in [0.5, 0.6) is 0 Å². The molecule has 0 saturated heterocycles. The number of nitrogens with zero attached hydrogens (tertiary/aromatic N) is 3. The highest BCUT2D eigenvalue weighted by molar-refractivity contribution is 7.85. The molecule has 4 nitrogen and oxygen atoms in total. The summed E-state index contributed by atoms with van der Waals surface area (Å²) in [6, 6.07) is 44.1. The molecule has 0 radical (unpaired) electrons. The number of para-hydroxylation sites is 2. The van der Waals surface area contributed by atoms with E-state index in [1.165, 1.54) is 10.8 Å². The van der Waals surface area contributed by atoms with Gasteiger partial charge in [0.25, 0.3) is 0 Å². The lowest BCUT2D eigenvalue weighted by Gasteiger charge is -2.20. The van der Waals surface area contributed by atoms with Crippen molar-refractivity contribution in [3.8, 4) is 17.1 Å². The Labute approximate surface area is 226 Å². The van der Waals surface area contributed by atoms with Crippen molar-refractivity contribution in [3.05, 3.63) is 146 Å². The molecule has 0 aliphatic heterocycles. The number of benzene rings is 4. The zero-order valence-corrected chi connectivity index (χ0v) is 21.9. The standard InChI is InChI=1S/C34H24N3OP/c38-39(26-11-3-1-4-12-26,27-13-5-2-6-14-27)28-20-22-36-32(24-28)31-23-25(19-21-35-31)37-33-17-9-7-15-29(33)30-16-8-10-18-34(30)37/h1-24H. The largest absolute Gasteiger partial charge is 0.309 e. The van der Waals surface area contributed by atoms with Crippen LogP contribution >= 0.6 is 7.14 Å². The van der Waals surface area contributed by atoms with Crippen LogP contribution in [0.2, 0.25) is 0 Å². The Morgan fingerprint density at radius 1 is 0.487 bits per heavy atom. The summed E-state index contributed by atoms with van der Waals surface area (Å²) in [5.74, 6) is 0. The highest BCUT2D eigenvalue weighted by Crippen LogP contribution is 2.42. The van der Waals surface area contributed by atoms with Crippen LogP contribution in [-0.2, 0) is 4.57 Å². The number of aromatic nitrogens is 3. The zero-order chi connectivity index (χ0) is 26.2. The van der Waals surface area contributed by atoms with Crippen molar-refractivity contribution >= 4 is 44.9 Å². The number of pyridine rings is 2. The van der Waals surface area contributed by atoms with E-state index in [1.807, 2.05) is 85.1 Å². The molecule has 3 aromatic heterocycles. The van der Waals surface area contributed by atoms with Gasteiger partial charge in [-0.25, -0.2) is 0 Å². The van der Waals surface area contributed by atoms with Crippen molar-refractivity contribution in [2.75, 3.05) is 0 Å². The molecule has 186 valence electrons. The molecule has 0 aliphatic rings. The van der Waals surface area contributed by atoms with Crippen LogP contribution in [0.25, 0.3) is 38.9 Å². The second-order valence-corrected chi connectivity index (χ2v) is 12.2. The van der Waals surface area contributed by atoms with Crippen molar-refractivity contribution in [1.82, 2.24) is 14.5 Å². The first-order chi connectivity index (χ1) is 19.2. The molecule has 0 bridgehead atoms. The van der Waals surface area contributed by atoms with E-state index < -0.39 is 7.14 Å². The Kier molecular flexibility index (Phi) is 5.69. The van der Waals surface area contributed by atoms with Gasteiger partial charge in [0.1, 0.15) is 0 Å². The van der Waals surface area contributed by atoms with Gasteiger partial charge in [-0.3, -0.25) is 9.97 Å². The summed E-state index contributed by atoms with van der Waals surface area (Å²) in [6.45, 7) is 0. The molecule has 3 heterocycles. The van der Waals surface area contributed by atoms with Crippen LogP contribution in [-0.4, -0.2) is 14.5 Å². The van der Waals surface area contributed by atoms with E-state index >= 15 is 0 Å². The van der Waals surface area contributed by atoms with Gasteiger partial charge in [-0.05, 0) is 36.4 Å². The second kappa shape index (κ2) is 9.50. The summed E-state index contributed by atoms with van der Waals surface area (Å²) in [6.07, 6.45) is 3.55. The predicted molar refractivity (Wildman–Crippen MR) is 161 cm³/mol. The minimum Gasteiger partial charge on any atom is -0.309 e. The molecule has 0 fully saturated rings. The predicted octanol–water partition coefficient (Wildman–Crippen LogP) is 6.88. The molecule has 39 heavy (non-hydrogen) atoms. The highest BCUT2D eigenvalue weighted by atomic mass is 31.2. The van der Waals surface area contributed by atoms with E-state index in [1.54, 1.807) is 6.20 Å². The van der Waals surface area contributed by atoms with Crippen LogP contribution in [0.4, 0.5) is 0 Å². The molecule has 0 spiro atoms. The van der Waals surface area contributed by atoms with Crippen LogP contribution < -0.4 is 15.9 Å². The van der Waals surface area contributed by atoms with E-state index in [0.29, 0.717) is 5.69 Å². The Balaban J connectivity index is 1.39. The summed E-state index contributed by atoms with van der Waals surface area (Å²) >= 11 is 0. The first-order valence-electron chi connectivity index (χ1n) is 12.9. The molecule has 7 aromatic rings. The molecule has 0 unspecified atom stereocenters. The summed E-state index contributed by atoms with van der Waals surface area (Å²) in [4.78, 5) is 9.35. The van der Waals surface area contributed by atoms with Crippen molar-refractivity contribution in [2.45, 2.75) is 0 Å². The van der Waals surface area contributed by atoms with E-state index in [4.69, 9.17) is 0 Å². The third kappa shape index (κ3) is 3.89. The smallest absolute Gasteiger partial charge is 0.171 e. The fourth-order valence-electron chi connectivity index (χ4n) is 5.38. The van der Waals surface area contributed by atoms with E-state index in [-0.39, 0.29) is 0 Å². The Hall–Kier alpha value is -4.79. The van der Waals surface area contributed by atoms with Crippen molar-refractivity contribution in [2.24, 2.45) is 0 Å². The van der Waals surface area contributed by atoms with Gasteiger partial charge < -0.3 is 9.13 Å². The van der Waals surface area contributed by atoms with Crippen molar-refractivity contribution in [1.29, 1.82) is 0 Å². The number of hydrogen-bond donors (Lipinski definition) is 0. The third-order valence-corrected chi connectivity index (χ3v) is 10.2. The molecular formula is C34H24N3OP. The minimum atomic E-state index is -3.12. The number of hydrogen-bond acceptors (Lipinski definition) is 3. The van der Waals surface area contributed by atoms with Gasteiger partial charge in [0, 0.05) is 44.8 Å². The SMILES string of the molecule is O=P(c1ccccc1)(c1ccccc1)c1ccnc(-c2cc(-n3c4ccccc4c4ccccc43)ccn2)c1. The fourth-order valence-corrected chi connectivity index (χ4v) is 8.04. The van der Waals surface area contributed by atoms with Gasteiger partial charge >= 0.3 is 0 Å². The third-order valence-electron chi connectivity index (χ3n) is 7.19. The fraction of sp³-hybridized carbons (Fsp3) is 0. The average Bonchev–Trinajstić information content (AvgIpc) is 3.36. The first-order valence-corrected chi connectivity index (χ1v) is 14.6. The Morgan fingerprint density at radius 2 is 0.974 bits per heavy atom. The Bertz CT molecular complexity index is 1900.